The van der Waals surface area contributed by atoms with Gasteiger partial charge in [0.15, 0.2) is 0 Å². The summed E-state index contributed by atoms with van der Waals surface area (Å²) in [5, 5.41) is 4.49. The lowest BCUT2D eigenvalue weighted by molar-refractivity contribution is 0.363. The third kappa shape index (κ3) is 3.69. The van der Waals surface area contributed by atoms with Gasteiger partial charge in [0.05, 0.1) is 5.69 Å². The molecule has 8 heteroatoms. The van der Waals surface area contributed by atoms with Gasteiger partial charge in [0, 0.05) is 11.1 Å². The van der Waals surface area contributed by atoms with Crippen molar-refractivity contribution < 1.29 is 14.7 Å². The number of hydrogen-bond acceptors (Lipinski definition) is 2. The van der Waals surface area contributed by atoms with Crippen LogP contribution < -0.4 is 5.56 Å². The molecule has 0 amide bonds. The van der Waals surface area contributed by atoms with Crippen LogP contribution in [-0.4, -0.2) is 24.5 Å². The molecule has 0 aliphatic rings. The predicted octanol–water partition coefficient (Wildman–Crippen LogP) is 1.45. The SMILES string of the molecule is CCc1c([S+]=P(O)(O)O)nn(-c2ccccc2)c(=O)c1CC. The van der Waals surface area contributed by atoms with E-state index in [-0.39, 0.29) is 10.6 Å². The van der Waals surface area contributed by atoms with E-state index < -0.39 is 6.72 Å². The number of nitrogens with zero attached hydrogens (tertiary/aromatic N) is 2. The summed E-state index contributed by atoms with van der Waals surface area (Å²) in [4.78, 5) is 40.6. The van der Waals surface area contributed by atoms with Crippen molar-refractivity contribution in [2.45, 2.75) is 31.7 Å². The van der Waals surface area contributed by atoms with Crippen molar-refractivity contribution in [3.63, 3.8) is 0 Å². The highest BCUT2D eigenvalue weighted by atomic mass is 32.5. The van der Waals surface area contributed by atoms with Crippen molar-refractivity contribution in [2.75, 3.05) is 0 Å². The molecule has 2 rings (SSSR count). The summed E-state index contributed by atoms with van der Waals surface area (Å²) in [7, 11) is 0.506. The zero-order valence-electron chi connectivity index (χ0n) is 12.3. The van der Waals surface area contributed by atoms with Gasteiger partial charge in [-0.15, -0.1) is 5.10 Å². The lowest BCUT2D eigenvalue weighted by Gasteiger charge is -2.09. The highest BCUT2D eigenvalue weighted by Gasteiger charge is 2.29. The van der Waals surface area contributed by atoms with Gasteiger partial charge in [-0.2, -0.15) is 4.68 Å². The molecular formula is C14H18N2O4PS+. The Labute approximate surface area is 131 Å². The van der Waals surface area contributed by atoms with Crippen LogP contribution in [0.5, 0.6) is 0 Å². The standard InChI is InChI=1S/C14H18N2O4PS/c1-3-11-12(4-2)14(17)16(10-8-6-5-7-9-10)15-13(11)22-21(18,19)20/h5-9,18-20H,3-4H2,1-2H3/q+1. The molecule has 0 saturated heterocycles. The molecular weight excluding hydrogens is 323 g/mol. The van der Waals surface area contributed by atoms with E-state index in [9.17, 15) is 19.5 Å². The number of benzene rings is 1. The molecule has 1 aromatic heterocycles. The molecule has 0 aliphatic carbocycles. The van der Waals surface area contributed by atoms with Crippen molar-refractivity contribution >= 4 is 17.7 Å². The molecule has 3 N–H and O–H groups in total. The normalized spacial score (nSPS) is 11.5. The fourth-order valence-corrected chi connectivity index (χ4v) is 4.11. The summed E-state index contributed by atoms with van der Waals surface area (Å²) >= 11 is 0. The fraction of sp³-hybridized carbons (Fsp3) is 0.286. The van der Waals surface area contributed by atoms with Crippen molar-refractivity contribution in [3.05, 3.63) is 51.8 Å². The first-order valence-electron chi connectivity index (χ1n) is 6.84. The minimum Gasteiger partial charge on any atom is -0.289 e. The van der Waals surface area contributed by atoms with Gasteiger partial charge in [-0.1, -0.05) is 32.0 Å². The smallest absolute Gasteiger partial charge is 0.289 e. The predicted molar refractivity (Wildman–Crippen MR) is 87.8 cm³/mol. The van der Waals surface area contributed by atoms with E-state index in [0.717, 1.165) is 0 Å². The zero-order valence-corrected chi connectivity index (χ0v) is 14.0. The number of aromatic nitrogens is 2. The van der Waals surface area contributed by atoms with Crippen LogP contribution in [0.25, 0.3) is 5.69 Å². The average molecular weight is 341 g/mol. The van der Waals surface area contributed by atoms with E-state index in [1.54, 1.807) is 24.3 Å². The van der Waals surface area contributed by atoms with E-state index in [4.69, 9.17) is 0 Å². The minimum absolute atomic E-state index is 0.229. The molecule has 6 nitrogen and oxygen atoms in total. The Morgan fingerprint density at radius 1 is 1.09 bits per heavy atom. The molecule has 118 valence electrons. The van der Waals surface area contributed by atoms with E-state index in [0.29, 0.717) is 40.6 Å². The maximum atomic E-state index is 12.6. The maximum absolute atomic E-state index is 12.6. The van der Waals surface area contributed by atoms with Gasteiger partial charge in [-0.25, -0.2) is 0 Å². The van der Waals surface area contributed by atoms with E-state index >= 15 is 0 Å². The quantitative estimate of drug-likeness (QED) is 0.578. The average Bonchev–Trinajstić information content (AvgIpc) is 2.47. The molecule has 0 fully saturated rings. The summed E-state index contributed by atoms with van der Waals surface area (Å²) in [5.74, 6) is 0. The first kappa shape index (κ1) is 17.0. The topological polar surface area (TPSA) is 95.6 Å². The van der Waals surface area contributed by atoms with Gasteiger partial charge in [0.1, 0.15) is 0 Å². The van der Waals surface area contributed by atoms with E-state index in [2.05, 4.69) is 5.10 Å². The lowest BCUT2D eigenvalue weighted by atomic mass is 10.1. The summed E-state index contributed by atoms with van der Waals surface area (Å²) in [6.45, 7) is -0.376. The molecule has 2 aromatic rings. The third-order valence-electron chi connectivity index (χ3n) is 3.18. The van der Waals surface area contributed by atoms with Crippen LogP contribution in [0, 0.1) is 0 Å². The van der Waals surface area contributed by atoms with Gasteiger partial charge in [0.2, 0.25) is 0 Å². The van der Waals surface area contributed by atoms with Crippen LogP contribution in [0.1, 0.15) is 25.0 Å². The Balaban J connectivity index is 2.83. The first-order valence-corrected chi connectivity index (χ1v) is 9.91. The highest BCUT2D eigenvalue weighted by molar-refractivity contribution is 8.16. The third-order valence-corrected chi connectivity index (χ3v) is 5.18. The Morgan fingerprint density at radius 3 is 2.18 bits per heavy atom. The number of para-hydroxylation sites is 1. The lowest BCUT2D eigenvalue weighted by Crippen LogP contribution is -2.27. The van der Waals surface area contributed by atoms with Crippen LogP contribution in [0.4, 0.5) is 0 Å². The second kappa shape index (κ2) is 6.81. The maximum Gasteiger partial charge on any atom is 0.523 e. The van der Waals surface area contributed by atoms with E-state index in [1.807, 2.05) is 19.9 Å². The van der Waals surface area contributed by atoms with Crippen LogP contribution in [-0.2, 0) is 23.8 Å². The van der Waals surface area contributed by atoms with Crippen LogP contribution in [0.15, 0.2) is 40.2 Å². The Bertz CT molecular complexity index is 775. The summed E-state index contributed by atoms with van der Waals surface area (Å²) in [6.07, 6.45) is 1.02. The number of hydrogen-bond donors (Lipinski definition) is 3. The molecule has 0 radical (unpaired) electrons. The molecule has 0 saturated carbocycles. The van der Waals surface area contributed by atoms with Gasteiger partial charge in [-0.3, -0.25) is 19.5 Å². The number of rotatable bonds is 4. The molecule has 0 bridgehead atoms. The van der Waals surface area contributed by atoms with Crippen molar-refractivity contribution in [1.29, 1.82) is 0 Å². The Kier molecular flexibility index (Phi) is 5.26. The molecule has 22 heavy (non-hydrogen) atoms. The van der Waals surface area contributed by atoms with Crippen molar-refractivity contribution in [1.82, 2.24) is 9.78 Å². The van der Waals surface area contributed by atoms with Gasteiger partial charge in [-0.05, 0) is 25.0 Å². The van der Waals surface area contributed by atoms with E-state index in [1.165, 1.54) is 4.68 Å². The Hall–Kier alpha value is -1.37. The molecule has 0 spiro atoms. The van der Waals surface area contributed by atoms with Crippen molar-refractivity contribution in [2.24, 2.45) is 0 Å². The summed E-state index contributed by atoms with van der Waals surface area (Å²) in [6, 6.07) is 8.89. The molecule has 1 aromatic carbocycles. The van der Waals surface area contributed by atoms with Crippen molar-refractivity contribution in [3.8, 4) is 5.69 Å². The highest BCUT2D eigenvalue weighted by Crippen LogP contribution is 2.34. The minimum atomic E-state index is -4.10. The van der Waals surface area contributed by atoms with Gasteiger partial charge < -0.3 is 0 Å². The molecule has 0 atom stereocenters. The fourth-order valence-electron chi connectivity index (χ4n) is 2.25. The summed E-state index contributed by atoms with van der Waals surface area (Å²) in [5.41, 5.74) is 1.57. The second-order valence-corrected chi connectivity index (χ2v) is 8.24. The Morgan fingerprint density at radius 2 is 1.68 bits per heavy atom. The van der Waals surface area contributed by atoms with Crippen LogP contribution in [0.3, 0.4) is 0 Å². The molecule has 0 aliphatic heterocycles. The molecule has 0 unspecified atom stereocenters. The second-order valence-electron chi connectivity index (χ2n) is 4.63. The van der Waals surface area contributed by atoms with Gasteiger partial charge >= 0.3 is 22.7 Å². The monoisotopic (exact) mass is 341 g/mol. The van der Waals surface area contributed by atoms with Crippen LogP contribution in [0.2, 0.25) is 0 Å². The summed E-state index contributed by atoms with van der Waals surface area (Å²) < 4.78 is 1.23. The zero-order chi connectivity index (χ0) is 16.3. The van der Waals surface area contributed by atoms with Gasteiger partial charge in [0.25, 0.3) is 5.56 Å². The molecule has 1 heterocycles. The first-order chi connectivity index (χ1) is 10.4. The van der Waals surface area contributed by atoms with Crippen LogP contribution >= 0.6 is 6.72 Å². The largest absolute Gasteiger partial charge is 0.523 e.